The second-order valence-corrected chi connectivity index (χ2v) is 9.96. The normalized spacial score (nSPS) is 14.9. The molecule has 0 aliphatic carbocycles. The van der Waals surface area contributed by atoms with Gasteiger partial charge in [-0.2, -0.15) is 0 Å². The molecule has 3 heterocycles. The first-order valence-corrected chi connectivity index (χ1v) is 11.9. The van der Waals surface area contributed by atoms with Crippen LogP contribution in [-0.4, -0.2) is 47.8 Å². The Morgan fingerprint density at radius 2 is 1.94 bits per heavy atom. The van der Waals surface area contributed by atoms with Crippen LogP contribution < -0.4 is 5.32 Å². The number of halogens is 1. The molecule has 2 aromatic heterocycles. The van der Waals surface area contributed by atoms with Crippen molar-refractivity contribution in [1.29, 1.82) is 0 Å². The second-order valence-electron chi connectivity index (χ2n) is 8.24. The molecule has 0 bridgehead atoms. The van der Waals surface area contributed by atoms with Gasteiger partial charge in [-0.3, -0.25) is 14.6 Å². The Bertz CT molecular complexity index is 1100. The Labute approximate surface area is 197 Å². The van der Waals surface area contributed by atoms with Gasteiger partial charge in [0.25, 0.3) is 5.91 Å². The number of ketones is 1. The van der Waals surface area contributed by atoms with Gasteiger partial charge in [0.15, 0.2) is 5.78 Å². The van der Waals surface area contributed by atoms with Gasteiger partial charge in [0.05, 0.1) is 15.3 Å². The molecule has 1 aliphatic rings. The van der Waals surface area contributed by atoms with Crippen molar-refractivity contribution in [2.75, 3.05) is 20.1 Å². The Morgan fingerprint density at radius 1 is 1.12 bits per heavy atom. The van der Waals surface area contributed by atoms with Crippen LogP contribution in [0.1, 0.15) is 31.9 Å². The van der Waals surface area contributed by atoms with Crippen LogP contribution in [0.15, 0.2) is 54.9 Å². The van der Waals surface area contributed by atoms with Crippen molar-refractivity contribution in [1.82, 2.24) is 15.2 Å². The molecule has 0 saturated carbocycles. The van der Waals surface area contributed by atoms with Gasteiger partial charge in [-0.1, -0.05) is 35.9 Å². The number of nitrogens with zero attached hydrogens (tertiary/aromatic N) is 2. The van der Waals surface area contributed by atoms with E-state index in [-0.39, 0.29) is 18.1 Å². The molecule has 0 unspecified atom stereocenters. The van der Waals surface area contributed by atoms with Gasteiger partial charge in [0, 0.05) is 38.3 Å². The summed E-state index contributed by atoms with van der Waals surface area (Å²) in [5.41, 5.74) is 4.57. The molecule has 166 valence electrons. The zero-order valence-electron chi connectivity index (χ0n) is 18.0. The number of carbonyl (C=O) groups excluding carboxylic acids is 2. The van der Waals surface area contributed by atoms with Crippen molar-refractivity contribution in [2.24, 2.45) is 0 Å². The maximum Gasteiger partial charge on any atom is 0.261 e. The molecular weight excluding hydrogens is 442 g/mol. The summed E-state index contributed by atoms with van der Waals surface area (Å²) in [7, 11) is 2.14. The third-order valence-electron chi connectivity index (χ3n) is 5.83. The maximum atomic E-state index is 13.3. The lowest BCUT2D eigenvalue weighted by atomic mass is 9.94. The second kappa shape index (κ2) is 10.4. The van der Waals surface area contributed by atoms with Gasteiger partial charge in [-0.15, -0.1) is 11.3 Å². The number of rotatable bonds is 7. The van der Waals surface area contributed by atoms with Crippen LogP contribution in [0.4, 0.5) is 0 Å². The van der Waals surface area contributed by atoms with Gasteiger partial charge in [0.1, 0.15) is 0 Å². The fourth-order valence-electron chi connectivity index (χ4n) is 3.99. The lowest BCUT2D eigenvalue weighted by Gasteiger charge is -2.18. The summed E-state index contributed by atoms with van der Waals surface area (Å²) in [4.78, 5) is 33.0. The molecule has 1 aliphatic heterocycles. The molecule has 3 aromatic rings. The number of aromatic nitrogens is 1. The number of hydrogen-bond donors (Lipinski definition) is 1. The van der Waals surface area contributed by atoms with E-state index in [0.717, 1.165) is 37.1 Å². The molecule has 5 nitrogen and oxygen atoms in total. The summed E-state index contributed by atoms with van der Waals surface area (Å²) in [6, 6.07) is 12.8. The third-order valence-corrected chi connectivity index (χ3v) is 7.06. The third kappa shape index (κ3) is 5.82. The van der Waals surface area contributed by atoms with E-state index in [1.54, 1.807) is 24.5 Å². The SMILES string of the molecule is CN1CCc2ccc(CC(=O)[C@@H](Cc3cccnc3)NC(=O)c3ccc(Cl)s3)cc2CC1. The van der Waals surface area contributed by atoms with E-state index in [1.165, 1.54) is 22.5 Å². The fraction of sp³-hybridized carbons (Fsp3) is 0.320. The topological polar surface area (TPSA) is 62.3 Å². The minimum Gasteiger partial charge on any atom is -0.341 e. The highest BCUT2D eigenvalue weighted by Crippen LogP contribution is 2.22. The van der Waals surface area contributed by atoms with Crippen molar-refractivity contribution >= 4 is 34.6 Å². The number of carbonyl (C=O) groups is 2. The number of likely N-dealkylation sites (N-methyl/N-ethyl adjacent to an activating group) is 1. The zero-order valence-corrected chi connectivity index (χ0v) is 19.6. The standard InChI is InChI=1S/C25H26ClN3O2S/c1-29-11-8-19-5-4-17(13-20(19)9-12-29)15-22(30)21(14-18-3-2-10-27-16-18)28-25(31)23-6-7-24(26)32-23/h2-7,10,13,16,21H,8-9,11-12,14-15H2,1H3,(H,28,31)/t21-/m1/s1. The minimum absolute atomic E-state index is 0.0180. The van der Waals surface area contributed by atoms with Crippen LogP contribution in [0, 0.1) is 0 Å². The summed E-state index contributed by atoms with van der Waals surface area (Å²) in [6.07, 6.45) is 6.12. The molecule has 1 N–H and O–H groups in total. The van der Waals surface area contributed by atoms with E-state index in [4.69, 9.17) is 11.6 Å². The number of fused-ring (bicyclic) bond motifs is 1. The average molecular weight is 468 g/mol. The number of nitrogens with one attached hydrogen (secondary N) is 1. The highest BCUT2D eigenvalue weighted by atomic mass is 35.5. The number of thiophene rings is 1. The maximum absolute atomic E-state index is 13.3. The van der Waals surface area contributed by atoms with Crippen molar-refractivity contribution in [3.63, 3.8) is 0 Å². The molecule has 4 rings (SSSR count). The van der Waals surface area contributed by atoms with E-state index < -0.39 is 6.04 Å². The highest BCUT2D eigenvalue weighted by Gasteiger charge is 2.23. The molecule has 1 aromatic carbocycles. The molecule has 7 heteroatoms. The molecule has 0 fully saturated rings. The Balaban J connectivity index is 1.51. The van der Waals surface area contributed by atoms with E-state index in [1.807, 2.05) is 18.2 Å². The van der Waals surface area contributed by atoms with Crippen LogP contribution >= 0.6 is 22.9 Å². The quantitative estimate of drug-likeness (QED) is 0.571. The van der Waals surface area contributed by atoms with Gasteiger partial charge >= 0.3 is 0 Å². The van der Waals surface area contributed by atoms with E-state index in [2.05, 4.69) is 34.4 Å². The fourth-order valence-corrected chi connectivity index (χ4v) is 4.94. The number of hydrogen-bond acceptors (Lipinski definition) is 5. The monoisotopic (exact) mass is 467 g/mol. The predicted molar refractivity (Wildman–Crippen MR) is 129 cm³/mol. The average Bonchev–Trinajstić information content (AvgIpc) is 3.14. The first-order chi connectivity index (χ1) is 15.5. The minimum atomic E-state index is -0.641. The van der Waals surface area contributed by atoms with Gasteiger partial charge in [0.2, 0.25) is 0 Å². The van der Waals surface area contributed by atoms with Crippen LogP contribution in [0.2, 0.25) is 4.34 Å². The zero-order chi connectivity index (χ0) is 22.5. The molecule has 1 atom stereocenters. The Hall–Kier alpha value is -2.54. The molecule has 0 radical (unpaired) electrons. The molecule has 0 spiro atoms. The Kier molecular flexibility index (Phi) is 7.35. The summed E-state index contributed by atoms with van der Waals surface area (Å²) in [5.74, 6) is -0.301. The number of pyridine rings is 1. The Morgan fingerprint density at radius 3 is 2.66 bits per heavy atom. The van der Waals surface area contributed by atoms with Crippen molar-refractivity contribution in [3.05, 3.63) is 86.3 Å². The van der Waals surface area contributed by atoms with Crippen molar-refractivity contribution < 1.29 is 9.59 Å². The first kappa shape index (κ1) is 22.6. The summed E-state index contributed by atoms with van der Waals surface area (Å²) >= 11 is 7.18. The van der Waals surface area contributed by atoms with Gasteiger partial charge in [-0.05, 0) is 60.3 Å². The van der Waals surface area contributed by atoms with Gasteiger partial charge < -0.3 is 10.2 Å². The molecular formula is C25H26ClN3O2S. The van der Waals surface area contributed by atoms with Crippen LogP contribution in [0.25, 0.3) is 0 Å². The van der Waals surface area contributed by atoms with Crippen molar-refractivity contribution in [3.8, 4) is 0 Å². The smallest absolute Gasteiger partial charge is 0.261 e. The van der Waals surface area contributed by atoms with Crippen LogP contribution in [0.5, 0.6) is 0 Å². The number of benzene rings is 1. The molecule has 32 heavy (non-hydrogen) atoms. The van der Waals surface area contributed by atoms with Crippen molar-refractivity contribution in [2.45, 2.75) is 31.7 Å². The van der Waals surface area contributed by atoms with E-state index in [9.17, 15) is 9.59 Å². The molecule has 1 amide bonds. The number of Topliss-reactive ketones (excluding diaryl/α,β-unsaturated/α-hetero) is 1. The summed E-state index contributed by atoms with van der Waals surface area (Å²) in [5, 5.41) is 2.92. The largest absolute Gasteiger partial charge is 0.341 e. The first-order valence-electron chi connectivity index (χ1n) is 10.7. The van der Waals surface area contributed by atoms with Crippen LogP contribution in [-0.2, 0) is 30.5 Å². The van der Waals surface area contributed by atoms with E-state index >= 15 is 0 Å². The summed E-state index contributed by atoms with van der Waals surface area (Å²) < 4.78 is 0.543. The number of amides is 1. The predicted octanol–water partition coefficient (Wildman–Crippen LogP) is 3.98. The lowest BCUT2D eigenvalue weighted by molar-refractivity contribution is -0.120. The molecule has 0 saturated heterocycles. The lowest BCUT2D eigenvalue weighted by Crippen LogP contribution is -2.43. The van der Waals surface area contributed by atoms with Gasteiger partial charge in [-0.25, -0.2) is 0 Å². The highest BCUT2D eigenvalue weighted by molar-refractivity contribution is 7.18. The summed E-state index contributed by atoms with van der Waals surface area (Å²) in [6.45, 7) is 2.07. The van der Waals surface area contributed by atoms with E-state index in [0.29, 0.717) is 15.6 Å². The van der Waals surface area contributed by atoms with Crippen LogP contribution in [0.3, 0.4) is 0 Å².